The maximum absolute atomic E-state index is 13.8. The van der Waals surface area contributed by atoms with Crippen LogP contribution < -0.4 is 10.6 Å². The molecule has 0 unspecified atom stereocenters. The van der Waals surface area contributed by atoms with E-state index in [0.717, 1.165) is 22.9 Å². The Balaban J connectivity index is 1.68. The molecule has 2 amide bonds. The van der Waals surface area contributed by atoms with E-state index in [1.807, 2.05) is 42.5 Å². The van der Waals surface area contributed by atoms with E-state index in [0.29, 0.717) is 12.2 Å². The first-order chi connectivity index (χ1) is 14.4. The van der Waals surface area contributed by atoms with Gasteiger partial charge < -0.3 is 10.6 Å². The first-order valence-electron chi connectivity index (χ1n) is 9.67. The van der Waals surface area contributed by atoms with Gasteiger partial charge in [0.2, 0.25) is 11.8 Å². The number of hydrogen-bond donors (Lipinski definition) is 2. The van der Waals surface area contributed by atoms with E-state index < -0.39 is 29.3 Å². The maximum atomic E-state index is 13.8. The Morgan fingerprint density at radius 3 is 2.27 bits per heavy atom. The van der Waals surface area contributed by atoms with Crippen molar-refractivity contribution in [3.63, 3.8) is 0 Å². The third kappa shape index (κ3) is 4.80. The molecule has 156 valence electrons. The van der Waals surface area contributed by atoms with Gasteiger partial charge in [0.05, 0.1) is 12.6 Å². The molecule has 3 aromatic rings. The number of nitrogens with zero attached hydrogens (tertiary/aromatic N) is 1. The average molecular weight is 411 g/mol. The average Bonchev–Trinajstić information content (AvgIpc) is 2.74. The van der Waals surface area contributed by atoms with Gasteiger partial charge in [0, 0.05) is 11.1 Å². The molecule has 3 rings (SSSR count). The van der Waals surface area contributed by atoms with Gasteiger partial charge in [0.25, 0.3) is 0 Å². The Kier molecular flexibility index (Phi) is 6.74. The fraction of sp³-hybridized carbons (Fsp3) is 0.217. The van der Waals surface area contributed by atoms with E-state index in [-0.39, 0.29) is 12.5 Å². The number of fused-ring (bicyclic) bond motifs is 1. The van der Waals surface area contributed by atoms with Crippen molar-refractivity contribution in [3.8, 4) is 0 Å². The van der Waals surface area contributed by atoms with Crippen LogP contribution in [0.1, 0.15) is 13.8 Å². The Bertz CT molecular complexity index is 1050. The molecule has 0 saturated carbocycles. The predicted molar refractivity (Wildman–Crippen MR) is 114 cm³/mol. The fourth-order valence-corrected chi connectivity index (χ4v) is 3.24. The quantitative estimate of drug-likeness (QED) is 0.606. The van der Waals surface area contributed by atoms with Gasteiger partial charge in [-0.15, -0.1) is 0 Å². The van der Waals surface area contributed by atoms with Crippen molar-refractivity contribution >= 4 is 34.0 Å². The van der Waals surface area contributed by atoms with Gasteiger partial charge in [-0.05, 0) is 37.1 Å². The van der Waals surface area contributed by atoms with Gasteiger partial charge >= 0.3 is 0 Å². The maximum Gasteiger partial charge on any atom is 0.241 e. The predicted octanol–water partition coefficient (Wildman–Crippen LogP) is 4.41. The molecule has 0 aliphatic heterocycles. The summed E-state index contributed by atoms with van der Waals surface area (Å²) in [6.45, 7) is 3.70. The van der Waals surface area contributed by atoms with Crippen molar-refractivity contribution < 1.29 is 18.4 Å². The molecule has 0 saturated heterocycles. The normalized spacial score (nSPS) is 12.0. The fourth-order valence-electron chi connectivity index (χ4n) is 3.24. The highest BCUT2D eigenvalue weighted by atomic mass is 19.1. The van der Waals surface area contributed by atoms with Gasteiger partial charge in [0.1, 0.15) is 17.3 Å². The van der Waals surface area contributed by atoms with Crippen molar-refractivity contribution in [3.05, 3.63) is 72.3 Å². The highest BCUT2D eigenvalue weighted by Crippen LogP contribution is 2.23. The second kappa shape index (κ2) is 9.45. The Hall–Kier alpha value is -3.32. The molecule has 0 aliphatic carbocycles. The third-order valence-electron chi connectivity index (χ3n) is 4.95. The highest BCUT2D eigenvalue weighted by Gasteiger charge is 2.23. The number of rotatable bonds is 7. The molecule has 0 fully saturated rings. The highest BCUT2D eigenvalue weighted by molar-refractivity contribution is 6.04. The van der Waals surface area contributed by atoms with Crippen molar-refractivity contribution in [1.29, 1.82) is 0 Å². The van der Waals surface area contributed by atoms with Crippen LogP contribution >= 0.6 is 0 Å². The lowest BCUT2D eigenvalue weighted by atomic mass is 10.1. The molecule has 30 heavy (non-hydrogen) atoms. The summed E-state index contributed by atoms with van der Waals surface area (Å²) in [5.41, 5.74) is 0.185. The summed E-state index contributed by atoms with van der Waals surface area (Å²) in [6.07, 6.45) is 0. The second-order valence-electron chi connectivity index (χ2n) is 6.90. The molecule has 2 N–H and O–H groups in total. The molecule has 0 heterocycles. The molecule has 0 radical (unpaired) electrons. The summed E-state index contributed by atoms with van der Waals surface area (Å²) in [4.78, 5) is 26.7. The van der Waals surface area contributed by atoms with Crippen LogP contribution in [-0.2, 0) is 9.59 Å². The number of anilines is 2. The Morgan fingerprint density at radius 2 is 1.57 bits per heavy atom. The molecule has 5 nitrogen and oxygen atoms in total. The largest absolute Gasteiger partial charge is 0.324 e. The van der Waals surface area contributed by atoms with Crippen LogP contribution in [0, 0.1) is 11.6 Å². The SMILES string of the molecule is CCN(CC(=O)Nc1c(F)cccc1F)[C@H](C)C(=O)Nc1cccc2ccccc12. The van der Waals surface area contributed by atoms with E-state index in [1.54, 1.807) is 18.7 Å². The Morgan fingerprint density at radius 1 is 0.933 bits per heavy atom. The number of likely N-dealkylation sites (N-methyl/N-ethyl adjacent to an activating group) is 1. The number of benzene rings is 3. The van der Waals surface area contributed by atoms with Crippen molar-refractivity contribution in [2.75, 3.05) is 23.7 Å². The van der Waals surface area contributed by atoms with Crippen LogP contribution in [0.5, 0.6) is 0 Å². The number of amides is 2. The van der Waals surface area contributed by atoms with E-state index in [4.69, 9.17) is 0 Å². The summed E-state index contributed by atoms with van der Waals surface area (Å²) in [5.74, 6) is -2.59. The standard InChI is InChI=1S/C23H23F2N3O2/c1-3-28(14-21(29)27-22-18(24)11-7-12-19(22)25)15(2)23(30)26-20-13-6-9-16-8-4-5-10-17(16)20/h4-13,15H,3,14H2,1-2H3,(H,26,30)(H,27,29)/t15-/m1/s1. The molecular weight excluding hydrogens is 388 g/mol. The molecule has 0 aromatic heterocycles. The van der Waals surface area contributed by atoms with Crippen LogP contribution in [-0.4, -0.2) is 35.8 Å². The lowest BCUT2D eigenvalue weighted by Gasteiger charge is -2.26. The first-order valence-corrected chi connectivity index (χ1v) is 9.67. The number of halogens is 2. The number of hydrogen-bond acceptors (Lipinski definition) is 3. The number of carbonyl (C=O) groups excluding carboxylic acids is 2. The second-order valence-corrected chi connectivity index (χ2v) is 6.90. The molecule has 0 spiro atoms. The molecule has 1 atom stereocenters. The molecule has 0 aliphatic rings. The third-order valence-corrected chi connectivity index (χ3v) is 4.95. The van der Waals surface area contributed by atoms with Crippen LogP contribution in [0.2, 0.25) is 0 Å². The molecular formula is C23H23F2N3O2. The van der Waals surface area contributed by atoms with Crippen LogP contribution in [0.15, 0.2) is 60.7 Å². The zero-order valence-corrected chi connectivity index (χ0v) is 16.8. The summed E-state index contributed by atoms with van der Waals surface area (Å²) in [5, 5.41) is 7.07. The van der Waals surface area contributed by atoms with E-state index >= 15 is 0 Å². The monoisotopic (exact) mass is 411 g/mol. The zero-order valence-electron chi connectivity index (χ0n) is 16.8. The summed E-state index contributed by atoms with van der Waals surface area (Å²) in [7, 11) is 0. The lowest BCUT2D eigenvalue weighted by molar-refractivity contribution is -0.123. The number of carbonyl (C=O) groups is 2. The smallest absolute Gasteiger partial charge is 0.241 e. The summed E-state index contributed by atoms with van der Waals surface area (Å²) >= 11 is 0. The van der Waals surface area contributed by atoms with Crippen LogP contribution in [0.25, 0.3) is 10.8 Å². The minimum Gasteiger partial charge on any atom is -0.324 e. The van der Waals surface area contributed by atoms with Crippen molar-refractivity contribution in [2.24, 2.45) is 0 Å². The molecule has 7 heteroatoms. The van der Waals surface area contributed by atoms with Crippen LogP contribution in [0.4, 0.5) is 20.2 Å². The zero-order chi connectivity index (χ0) is 21.7. The molecule has 0 bridgehead atoms. The summed E-state index contributed by atoms with van der Waals surface area (Å²) < 4.78 is 27.5. The number of para-hydroxylation sites is 1. The van der Waals surface area contributed by atoms with Gasteiger partial charge in [-0.2, -0.15) is 0 Å². The summed E-state index contributed by atoms with van der Waals surface area (Å²) in [6, 6.07) is 16.0. The van der Waals surface area contributed by atoms with E-state index in [1.165, 1.54) is 6.07 Å². The first kappa shape index (κ1) is 21.4. The van der Waals surface area contributed by atoms with Crippen molar-refractivity contribution in [1.82, 2.24) is 4.90 Å². The van der Waals surface area contributed by atoms with Gasteiger partial charge in [-0.1, -0.05) is 49.4 Å². The molecule has 3 aromatic carbocycles. The van der Waals surface area contributed by atoms with E-state index in [2.05, 4.69) is 10.6 Å². The van der Waals surface area contributed by atoms with Gasteiger partial charge in [-0.25, -0.2) is 8.78 Å². The Labute approximate surface area is 173 Å². The van der Waals surface area contributed by atoms with E-state index in [9.17, 15) is 18.4 Å². The lowest BCUT2D eigenvalue weighted by Crippen LogP contribution is -2.45. The van der Waals surface area contributed by atoms with Crippen molar-refractivity contribution in [2.45, 2.75) is 19.9 Å². The number of nitrogens with one attached hydrogen (secondary N) is 2. The van der Waals surface area contributed by atoms with Crippen LogP contribution in [0.3, 0.4) is 0 Å². The minimum atomic E-state index is -0.854. The van der Waals surface area contributed by atoms with Gasteiger partial charge in [-0.3, -0.25) is 14.5 Å². The minimum absolute atomic E-state index is 0.186. The topological polar surface area (TPSA) is 61.4 Å². The van der Waals surface area contributed by atoms with Gasteiger partial charge in [0.15, 0.2) is 0 Å².